The molecule has 192 valence electrons. The van der Waals surface area contributed by atoms with Crippen molar-refractivity contribution in [3.63, 3.8) is 0 Å². The van der Waals surface area contributed by atoms with Crippen molar-refractivity contribution in [3.8, 4) is 5.75 Å². The van der Waals surface area contributed by atoms with E-state index in [1.54, 1.807) is 37.5 Å². The monoisotopic (exact) mass is 496 g/mol. The average molecular weight is 497 g/mol. The molecule has 0 aromatic heterocycles. The molecule has 2 N–H and O–H groups in total. The fourth-order valence-electron chi connectivity index (χ4n) is 4.69. The first-order chi connectivity index (χ1) is 17.8. The van der Waals surface area contributed by atoms with Gasteiger partial charge in [-0.25, -0.2) is 0 Å². The molecule has 1 aliphatic rings. The maximum Gasteiger partial charge on any atom is 0.255 e. The van der Waals surface area contributed by atoms with Crippen molar-refractivity contribution >= 4 is 23.1 Å². The van der Waals surface area contributed by atoms with E-state index in [-0.39, 0.29) is 17.2 Å². The van der Waals surface area contributed by atoms with E-state index >= 15 is 0 Å². The van der Waals surface area contributed by atoms with Crippen LogP contribution in [0.4, 0.5) is 5.69 Å². The number of carbonyl (C=O) groups is 2. The summed E-state index contributed by atoms with van der Waals surface area (Å²) in [5.41, 5.74) is 5.83. The summed E-state index contributed by atoms with van der Waals surface area (Å²) < 4.78 is 5.40. The zero-order valence-electron chi connectivity index (χ0n) is 22.2. The third kappa shape index (κ3) is 6.67. The SMILES string of the molecule is CCCCCc1ccc(C(=O)Nc2ccc(C(=O)/C=C3\NC(C)(C)Cc4ccc(OC)cc43)cc2)cc1. The Labute approximate surface area is 219 Å². The van der Waals surface area contributed by atoms with E-state index in [1.165, 1.54) is 30.4 Å². The van der Waals surface area contributed by atoms with Crippen molar-refractivity contribution in [2.24, 2.45) is 0 Å². The second kappa shape index (κ2) is 11.5. The van der Waals surface area contributed by atoms with E-state index in [1.807, 2.05) is 36.4 Å². The van der Waals surface area contributed by atoms with Crippen LogP contribution in [0.1, 0.15) is 77.4 Å². The van der Waals surface area contributed by atoms with Crippen molar-refractivity contribution < 1.29 is 14.3 Å². The lowest BCUT2D eigenvalue weighted by atomic mass is 9.85. The molecule has 37 heavy (non-hydrogen) atoms. The van der Waals surface area contributed by atoms with Crippen LogP contribution in [0.25, 0.3) is 5.70 Å². The number of hydrogen-bond acceptors (Lipinski definition) is 4. The van der Waals surface area contributed by atoms with E-state index in [4.69, 9.17) is 4.74 Å². The third-order valence-electron chi connectivity index (χ3n) is 6.70. The predicted molar refractivity (Wildman–Crippen MR) is 150 cm³/mol. The molecule has 1 aliphatic heterocycles. The topological polar surface area (TPSA) is 67.4 Å². The summed E-state index contributed by atoms with van der Waals surface area (Å²) in [6.07, 6.45) is 7.11. The quantitative estimate of drug-likeness (QED) is 0.194. The van der Waals surface area contributed by atoms with Crippen molar-refractivity contribution in [3.05, 3.63) is 101 Å². The van der Waals surface area contributed by atoms with Crippen LogP contribution >= 0.6 is 0 Å². The van der Waals surface area contributed by atoms with Crippen LogP contribution in [0.5, 0.6) is 5.75 Å². The lowest BCUT2D eigenvalue weighted by Gasteiger charge is -2.35. The van der Waals surface area contributed by atoms with E-state index in [0.717, 1.165) is 29.9 Å². The Morgan fingerprint density at radius 2 is 1.68 bits per heavy atom. The Kier molecular flexibility index (Phi) is 8.12. The minimum absolute atomic E-state index is 0.106. The zero-order chi connectivity index (χ0) is 26.4. The third-order valence-corrected chi connectivity index (χ3v) is 6.70. The Bertz CT molecular complexity index is 1290. The van der Waals surface area contributed by atoms with E-state index in [2.05, 4.69) is 37.5 Å². The maximum absolute atomic E-state index is 13.1. The highest BCUT2D eigenvalue weighted by Gasteiger charge is 2.28. The van der Waals surface area contributed by atoms with Crippen molar-refractivity contribution in [1.29, 1.82) is 0 Å². The number of benzene rings is 3. The molecule has 0 unspecified atom stereocenters. The number of allylic oxidation sites excluding steroid dienone is 1. The standard InChI is InChI=1S/C32H36N2O3/c1-5-6-7-8-22-9-11-24(12-10-22)31(36)33-26-16-13-23(14-17-26)30(35)20-29-28-19-27(37-4)18-15-25(28)21-32(2,3)34-29/h9-20,34H,5-8,21H2,1-4H3,(H,33,36)/b29-20-. The van der Waals surface area contributed by atoms with Gasteiger partial charge in [0.15, 0.2) is 5.78 Å². The number of anilines is 1. The zero-order valence-corrected chi connectivity index (χ0v) is 22.2. The summed E-state index contributed by atoms with van der Waals surface area (Å²) in [5.74, 6) is 0.482. The summed E-state index contributed by atoms with van der Waals surface area (Å²) in [7, 11) is 1.64. The highest BCUT2D eigenvalue weighted by atomic mass is 16.5. The van der Waals surface area contributed by atoms with E-state index in [9.17, 15) is 9.59 Å². The second-order valence-electron chi connectivity index (χ2n) is 10.3. The highest BCUT2D eigenvalue weighted by molar-refractivity contribution is 6.09. The lowest BCUT2D eigenvalue weighted by Crippen LogP contribution is -2.43. The van der Waals surface area contributed by atoms with Gasteiger partial charge in [-0.1, -0.05) is 38.0 Å². The minimum atomic E-state index is -0.171. The first-order valence-electron chi connectivity index (χ1n) is 13.0. The van der Waals surface area contributed by atoms with E-state index in [0.29, 0.717) is 16.8 Å². The average Bonchev–Trinajstić information content (AvgIpc) is 2.89. The van der Waals surface area contributed by atoms with Gasteiger partial charge in [0.1, 0.15) is 5.75 Å². The molecule has 5 nitrogen and oxygen atoms in total. The molecular formula is C32H36N2O3. The summed E-state index contributed by atoms with van der Waals surface area (Å²) in [6.45, 7) is 6.43. The molecule has 0 saturated carbocycles. The summed E-state index contributed by atoms with van der Waals surface area (Å²) >= 11 is 0. The van der Waals surface area contributed by atoms with Gasteiger partial charge >= 0.3 is 0 Å². The number of methoxy groups -OCH3 is 1. The van der Waals surface area contributed by atoms with Gasteiger partial charge in [-0.05, 0) is 92.8 Å². The normalized spacial score (nSPS) is 15.0. The molecule has 0 spiro atoms. The van der Waals surface area contributed by atoms with Gasteiger partial charge in [-0.2, -0.15) is 0 Å². The largest absolute Gasteiger partial charge is 0.497 e. The molecule has 3 aromatic rings. The Morgan fingerprint density at radius 1 is 0.973 bits per heavy atom. The van der Waals surface area contributed by atoms with Crippen LogP contribution in [-0.4, -0.2) is 24.3 Å². The molecule has 0 aliphatic carbocycles. The van der Waals surface area contributed by atoms with Crippen molar-refractivity contribution in [2.75, 3.05) is 12.4 Å². The maximum atomic E-state index is 13.1. The smallest absolute Gasteiger partial charge is 0.255 e. The van der Waals surface area contributed by atoms with Crippen LogP contribution in [-0.2, 0) is 12.8 Å². The number of carbonyl (C=O) groups excluding carboxylic acids is 2. The minimum Gasteiger partial charge on any atom is -0.497 e. The van der Waals surface area contributed by atoms with Gasteiger partial charge in [0.05, 0.1) is 7.11 Å². The summed E-state index contributed by atoms with van der Waals surface area (Å²) in [4.78, 5) is 25.8. The molecule has 3 aromatic carbocycles. The predicted octanol–water partition coefficient (Wildman–Crippen LogP) is 6.83. The molecule has 0 atom stereocenters. The number of hydrogen-bond donors (Lipinski definition) is 2. The molecule has 0 radical (unpaired) electrons. The molecule has 0 bridgehead atoms. The Balaban J connectivity index is 1.44. The number of fused-ring (bicyclic) bond motifs is 1. The summed E-state index contributed by atoms with van der Waals surface area (Å²) in [5, 5.41) is 6.42. The first-order valence-corrected chi connectivity index (χ1v) is 13.0. The van der Waals surface area contributed by atoms with Gasteiger partial charge in [0, 0.05) is 39.7 Å². The number of ketones is 1. The molecule has 0 saturated heterocycles. The molecular weight excluding hydrogens is 460 g/mol. The molecule has 1 amide bonds. The molecule has 1 heterocycles. The van der Waals surface area contributed by atoms with Gasteiger partial charge in [-0.3, -0.25) is 9.59 Å². The van der Waals surface area contributed by atoms with Crippen LogP contribution in [0, 0.1) is 0 Å². The highest BCUT2D eigenvalue weighted by Crippen LogP contribution is 2.32. The van der Waals surface area contributed by atoms with Crippen LogP contribution in [0.2, 0.25) is 0 Å². The Morgan fingerprint density at radius 3 is 2.35 bits per heavy atom. The van der Waals surface area contributed by atoms with Crippen molar-refractivity contribution in [2.45, 2.75) is 58.4 Å². The van der Waals surface area contributed by atoms with Crippen LogP contribution < -0.4 is 15.4 Å². The van der Waals surface area contributed by atoms with Gasteiger partial charge in [0.2, 0.25) is 0 Å². The molecule has 0 fully saturated rings. The van der Waals surface area contributed by atoms with Crippen LogP contribution in [0.15, 0.2) is 72.8 Å². The van der Waals surface area contributed by atoms with Gasteiger partial charge < -0.3 is 15.4 Å². The van der Waals surface area contributed by atoms with Crippen molar-refractivity contribution in [1.82, 2.24) is 5.32 Å². The number of rotatable bonds is 9. The number of ether oxygens (including phenoxy) is 1. The van der Waals surface area contributed by atoms with Gasteiger partial charge in [-0.15, -0.1) is 0 Å². The Hall–Kier alpha value is -3.86. The fraction of sp³-hybridized carbons (Fsp3) is 0.312. The number of aryl methyl sites for hydroxylation is 1. The first kappa shape index (κ1) is 26.2. The fourth-order valence-corrected chi connectivity index (χ4v) is 4.69. The number of amides is 1. The van der Waals surface area contributed by atoms with E-state index < -0.39 is 0 Å². The molecule has 4 rings (SSSR count). The molecule has 5 heteroatoms. The van der Waals surface area contributed by atoms with Gasteiger partial charge in [0.25, 0.3) is 5.91 Å². The summed E-state index contributed by atoms with van der Waals surface area (Å²) in [6, 6.07) is 20.8. The lowest BCUT2D eigenvalue weighted by molar-refractivity contribution is 0.102. The van der Waals surface area contributed by atoms with Crippen LogP contribution in [0.3, 0.4) is 0 Å². The number of nitrogens with one attached hydrogen (secondary N) is 2. The second-order valence-corrected chi connectivity index (χ2v) is 10.3. The number of unbranched alkanes of at least 4 members (excludes halogenated alkanes) is 2.